The Hall–Kier alpha value is -1.22. The van der Waals surface area contributed by atoms with E-state index in [1.807, 2.05) is 19.1 Å². The summed E-state index contributed by atoms with van der Waals surface area (Å²) in [6.45, 7) is 1.97. The molecule has 0 unspecified atom stereocenters. The van der Waals surface area contributed by atoms with Crippen LogP contribution < -0.4 is 0 Å². The number of phenolic OH excluding ortho intramolecular Hbond substituents is 1. The van der Waals surface area contributed by atoms with Crippen LogP contribution in [0.1, 0.15) is 5.56 Å². The second-order valence-electron chi connectivity index (χ2n) is 3.12. The van der Waals surface area contributed by atoms with Gasteiger partial charge >= 0.3 is 0 Å². The molecule has 0 aliphatic rings. The van der Waals surface area contributed by atoms with Gasteiger partial charge in [0, 0.05) is 0 Å². The van der Waals surface area contributed by atoms with Crippen molar-refractivity contribution >= 4 is 15.9 Å². The van der Waals surface area contributed by atoms with Gasteiger partial charge in [-0.05, 0) is 41.1 Å². The second kappa shape index (κ2) is 3.50. The first kappa shape index (κ1) is 9.34. The number of benzene rings is 1. The quantitative estimate of drug-likeness (QED) is 0.840. The topological polar surface area (TPSA) is 33.4 Å². The summed E-state index contributed by atoms with van der Waals surface area (Å²) < 4.78 is 6.13. The number of hydrogen-bond donors (Lipinski definition) is 1. The van der Waals surface area contributed by atoms with Crippen molar-refractivity contribution in [1.82, 2.24) is 0 Å². The van der Waals surface area contributed by atoms with E-state index in [0.717, 1.165) is 10.0 Å². The van der Waals surface area contributed by atoms with Crippen molar-refractivity contribution in [3.05, 3.63) is 40.6 Å². The summed E-state index contributed by atoms with van der Waals surface area (Å²) in [7, 11) is 0. The zero-order valence-electron chi connectivity index (χ0n) is 7.62. The summed E-state index contributed by atoms with van der Waals surface area (Å²) in [5.74, 6) is 0.887. The van der Waals surface area contributed by atoms with E-state index in [1.165, 1.54) is 0 Å². The van der Waals surface area contributed by atoms with Crippen molar-refractivity contribution in [3.63, 3.8) is 0 Å². The van der Waals surface area contributed by atoms with Gasteiger partial charge in [-0.3, -0.25) is 0 Å². The van der Waals surface area contributed by atoms with Crippen molar-refractivity contribution in [2.45, 2.75) is 6.92 Å². The van der Waals surface area contributed by atoms with Crippen LogP contribution in [0, 0.1) is 6.92 Å². The van der Waals surface area contributed by atoms with Crippen LogP contribution in [-0.2, 0) is 0 Å². The highest BCUT2D eigenvalue weighted by molar-refractivity contribution is 9.10. The highest BCUT2D eigenvalue weighted by Gasteiger charge is 2.10. The van der Waals surface area contributed by atoms with Crippen molar-refractivity contribution in [1.29, 1.82) is 0 Å². The summed E-state index contributed by atoms with van der Waals surface area (Å²) in [5, 5.41) is 9.65. The van der Waals surface area contributed by atoms with Gasteiger partial charge < -0.3 is 9.52 Å². The Morgan fingerprint density at radius 1 is 1.29 bits per heavy atom. The maximum Gasteiger partial charge on any atom is 0.151 e. The molecule has 0 fully saturated rings. The number of rotatable bonds is 1. The highest BCUT2D eigenvalue weighted by atomic mass is 79.9. The van der Waals surface area contributed by atoms with E-state index in [1.54, 1.807) is 18.4 Å². The zero-order valence-corrected chi connectivity index (χ0v) is 9.21. The third-order valence-corrected chi connectivity index (χ3v) is 2.64. The lowest BCUT2D eigenvalue weighted by molar-refractivity contribution is 0.473. The molecular formula is C11H9BrO2. The lowest BCUT2D eigenvalue weighted by Crippen LogP contribution is -1.79. The Bertz CT molecular complexity index is 460. The predicted octanol–water partition coefficient (Wildman–Crippen LogP) is 3.72. The molecule has 0 saturated heterocycles. The Labute approximate surface area is 90.3 Å². The minimum Gasteiger partial charge on any atom is -0.507 e. The molecule has 0 aliphatic carbocycles. The monoisotopic (exact) mass is 252 g/mol. The van der Waals surface area contributed by atoms with E-state index in [4.69, 9.17) is 4.42 Å². The fourth-order valence-corrected chi connectivity index (χ4v) is 1.73. The number of aryl methyl sites for hydroxylation is 1. The normalized spacial score (nSPS) is 10.4. The summed E-state index contributed by atoms with van der Waals surface area (Å²) in [4.78, 5) is 0. The predicted molar refractivity (Wildman–Crippen MR) is 58.2 cm³/mol. The average molecular weight is 253 g/mol. The maximum absolute atomic E-state index is 9.65. The molecule has 0 radical (unpaired) electrons. The first-order valence-electron chi connectivity index (χ1n) is 4.21. The van der Waals surface area contributed by atoms with Gasteiger partial charge in [-0.15, -0.1) is 0 Å². The molecule has 0 bridgehead atoms. The number of phenols is 1. The SMILES string of the molecule is Cc1ccc(O)c(-c2occc2Br)c1. The molecule has 0 spiro atoms. The number of halogens is 1. The molecule has 2 nitrogen and oxygen atoms in total. The van der Waals surface area contributed by atoms with Gasteiger partial charge in [0.2, 0.25) is 0 Å². The smallest absolute Gasteiger partial charge is 0.151 e. The lowest BCUT2D eigenvalue weighted by atomic mass is 10.1. The van der Waals surface area contributed by atoms with Gasteiger partial charge in [0.05, 0.1) is 16.3 Å². The largest absolute Gasteiger partial charge is 0.507 e. The lowest BCUT2D eigenvalue weighted by Gasteiger charge is -2.03. The molecule has 0 amide bonds. The van der Waals surface area contributed by atoms with Crippen LogP contribution in [0.2, 0.25) is 0 Å². The van der Waals surface area contributed by atoms with E-state index in [0.29, 0.717) is 11.3 Å². The Kier molecular flexibility index (Phi) is 2.33. The molecule has 1 aromatic carbocycles. The highest BCUT2D eigenvalue weighted by Crippen LogP contribution is 2.35. The maximum atomic E-state index is 9.65. The Balaban J connectivity index is 2.62. The molecule has 1 aromatic heterocycles. The van der Waals surface area contributed by atoms with E-state index in [9.17, 15) is 5.11 Å². The summed E-state index contributed by atoms with van der Waals surface area (Å²) >= 11 is 3.36. The van der Waals surface area contributed by atoms with Gasteiger partial charge in [0.25, 0.3) is 0 Å². The fraction of sp³-hybridized carbons (Fsp3) is 0.0909. The van der Waals surface area contributed by atoms with Crippen molar-refractivity contribution in [2.75, 3.05) is 0 Å². The molecular weight excluding hydrogens is 244 g/mol. The van der Waals surface area contributed by atoms with Crippen LogP contribution in [0.3, 0.4) is 0 Å². The molecule has 0 atom stereocenters. The van der Waals surface area contributed by atoms with Crippen LogP contribution in [0.4, 0.5) is 0 Å². The Morgan fingerprint density at radius 2 is 2.07 bits per heavy atom. The van der Waals surface area contributed by atoms with E-state index < -0.39 is 0 Å². The fourth-order valence-electron chi connectivity index (χ4n) is 1.32. The van der Waals surface area contributed by atoms with Gasteiger partial charge in [-0.1, -0.05) is 11.6 Å². The van der Waals surface area contributed by atoms with Crippen LogP contribution in [0.15, 0.2) is 39.4 Å². The number of aromatic hydroxyl groups is 1. The third kappa shape index (κ3) is 1.55. The van der Waals surface area contributed by atoms with Gasteiger partial charge in [0.1, 0.15) is 5.75 Å². The molecule has 1 N–H and O–H groups in total. The minimum absolute atomic E-state index is 0.228. The minimum atomic E-state index is 0.228. The summed E-state index contributed by atoms with van der Waals surface area (Å²) in [6.07, 6.45) is 1.58. The second-order valence-corrected chi connectivity index (χ2v) is 3.97. The number of hydrogen-bond acceptors (Lipinski definition) is 2. The first-order chi connectivity index (χ1) is 6.68. The van der Waals surface area contributed by atoms with Gasteiger partial charge in [-0.2, -0.15) is 0 Å². The standard InChI is InChI=1S/C11H9BrO2/c1-7-2-3-10(13)8(6-7)11-9(12)4-5-14-11/h2-6,13H,1H3. The first-order valence-corrected chi connectivity index (χ1v) is 5.01. The number of furan rings is 1. The van der Waals surface area contributed by atoms with Crippen LogP contribution >= 0.6 is 15.9 Å². The molecule has 0 saturated carbocycles. The van der Waals surface area contributed by atoms with E-state index >= 15 is 0 Å². The van der Waals surface area contributed by atoms with Crippen LogP contribution in [0.25, 0.3) is 11.3 Å². The van der Waals surface area contributed by atoms with Crippen molar-refractivity contribution < 1.29 is 9.52 Å². The molecule has 3 heteroatoms. The van der Waals surface area contributed by atoms with Crippen molar-refractivity contribution in [3.8, 4) is 17.1 Å². The average Bonchev–Trinajstić information content (AvgIpc) is 2.56. The summed E-state index contributed by atoms with van der Waals surface area (Å²) in [6, 6.07) is 7.21. The van der Waals surface area contributed by atoms with Crippen LogP contribution in [-0.4, -0.2) is 5.11 Å². The molecule has 0 aliphatic heterocycles. The molecule has 14 heavy (non-hydrogen) atoms. The van der Waals surface area contributed by atoms with Gasteiger partial charge in [0.15, 0.2) is 5.76 Å². The third-order valence-electron chi connectivity index (χ3n) is 2.01. The van der Waals surface area contributed by atoms with Crippen molar-refractivity contribution in [2.24, 2.45) is 0 Å². The van der Waals surface area contributed by atoms with Gasteiger partial charge in [-0.25, -0.2) is 0 Å². The summed E-state index contributed by atoms with van der Waals surface area (Å²) in [5.41, 5.74) is 1.79. The molecule has 1 heterocycles. The van der Waals surface area contributed by atoms with E-state index in [-0.39, 0.29) is 5.75 Å². The molecule has 2 aromatic rings. The van der Waals surface area contributed by atoms with E-state index in [2.05, 4.69) is 15.9 Å². The zero-order chi connectivity index (χ0) is 10.1. The van der Waals surface area contributed by atoms with Crippen LogP contribution in [0.5, 0.6) is 5.75 Å². The molecule has 72 valence electrons. The molecule has 2 rings (SSSR count). The Morgan fingerprint density at radius 3 is 2.71 bits per heavy atom.